The first-order valence-corrected chi connectivity index (χ1v) is 9.13. The third kappa shape index (κ3) is 5.20. The lowest BCUT2D eigenvalue weighted by Gasteiger charge is -2.30. The van der Waals surface area contributed by atoms with Crippen LogP contribution in [0.5, 0.6) is 5.75 Å². The molecule has 3 rings (SSSR count). The molecule has 4 nitrogen and oxygen atoms in total. The molecule has 0 atom stereocenters. The van der Waals surface area contributed by atoms with Gasteiger partial charge < -0.3 is 10.1 Å². The fourth-order valence-electron chi connectivity index (χ4n) is 3.22. The van der Waals surface area contributed by atoms with E-state index in [1.54, 1.807) is 7.11 Å². The maximum atomic E-state index is 12.5. The van der Waals surface area contributed by atoms with Crippen LogP contribution in [-0.2, 0) is 4.79 Å². The largest absolute Gasteiger partial charge is 0.497 e. The predicted octanol–water partition coefficient (Wildman–Crippen LogP) is 4.06. The SMILES string of the molecule is COc1cccc(NC(=O)C2CCN(C/C=C/c3ccccc3)CC2)c1. The molecule has 1 N–H and O–H groups in total. The highest BCUT2D eigenvalue weighted by Crippen LogP contribution is 2.21. The minimum Gasteiger partial charge on any atom is -0.497 e. The van der Waals surface area contributed by atoms with Gasteiger partial charge in [0.1, 0.15) is 5.75 Å². The summed E-state index contributed by atoms with van der Waals surface area (Å²) in [6.07, 6.45) is 6.15. The number of nitrogens with zero attached hydrogens (tertiary/aromatic N) is 1. The molecular weight excluding hydrogens is 324 g/mol. The molecule has 0 unspecified atom stereocenters. The van der Waals surface area contributed by atoms with E-state index in [0.29, 0.717) is 0 Å². The summed E-state index contributed by atoms with van der Waals surface area (Å²) in [5.74, 6) is 0.941. The summed E-state index contributed by atoms with van der Waals surface area (Å²) in [6, 6.07) is 17.8. The van der Waals surface area contributed by atoms with E-state index in [2.05, 4.69) is 34.5 Å². The number of nitrogens with one attached hydrogen (secondary N) is 1. The number of carbonyl (C=O) groups excluding carboxylic acids is 1. The molecule has 0 aliphatic carbocycles. The lowest BCUT2D eigenvalue weighted by Crippen LogP contribution is -2.38. The van der Waals surface area contributed by atoms with Crippen LogP contribution >= 0.6 is 0 Å². The minimum absolute atomic E-state index is 0.0792. The Morgan fingerprint density at radius 2 is 1.92 bits per heavy atom. The van der Waals surface area contributed by atoms with Gasteiger partial charge in [-0.1, -0.05) is 48.6 Å². The number of hydrogen-bond donors (Lipinski definition) is 1. The van der Waals surface area contributed by atoms with Gasteiger partial charge >= 0.3 is 0 Å². The summed E-state index contributed by atoms with van der Waals surface area (Å²) < 4.78 is 5.20. The molecule has 0 bridgehead atoms. The molecule has 4 heteroatoms. The predicted molar refractivity (Wildman–Crippen MR) is 106 cm³/mol. The standard InChI is InChI=1S/C22H26N2O2/c1-26-21-11-5-10-20(17-21)23-22(25)19-12-15-24(16-13-19)14-6-9-18-7-3-2-4-8-18/h2-11,17,19H,12-16H2,1H3,(H,23,25)/b9-6+. The monoisotopic (exact) mass is 350 g/mol. The van der Waals surface area contributed by atoms with E-state index in [1.807, 2.05) is 42.5 Å². The van der Waals surface area contributed by atoms with Crippen LogP contribution in [0, 0.1) is 5.92 Å². The zero-order valence-electron chi connectivity index (χ0n) is 15.2. The quantitative estimate of drug-likeness (QED) is 0.854. The van der Waals surface area contributed by atoms with Gasteiger partial charge in [0.25, 0.3) is 0 Å². The molecule has 2 aromatic rings. The number of ether oxygens (including phenoxy) is 1. The van der Waals surface area contributed by atoms with E-state index in [-0.39, 0.29) is 11.8 Å². The number of carbonyl (C=O) groups is 1. The van der Waals surface area contributed by atoms with E-state index >= 15 is 0 Å². The molecular formula is C22H26N2O2. The van der Waals surface area contributed by atoms with Crippen LogP contribution in [0.25, 0.3) is 6.08 Å². The smallest absolute Gasteiger partial charge is 0.227 e. The van der Waals surface area contributed by atoms with Crippen molar-refractivity contribution in [1.29, 1.82) is 0 Å². The molecule has 1 amide bonds. The van der Waals surface area contributed by atoms with Gasteiger partial charge in [-0.05, 0) is 43.6 Å². The van der Waals surface area contributed by atoms with Gasteiger partial charge in [0.15, 0.2) is 0 Å². The fraction of sp³-hybridized carbons (Fsp3) is 0.318. The van der Waals surface area contributed by atoms with Gasteiger partial charge in [0, 0.05) is 24.2 Å². The summed E-state index contributed by atoms with van der Waals surface area (Å²) in [4.78, 5) is 14.9. The molecule has 1 fully saturated rings. The molecule has 0 aromatic heterocycles. The first kappa shape index (κ1) is 18.2. The molecule has 2 aromatic carbocycles. The van der Waals surface area contributed by atoms with Crippen LogP contribution in [0.4, 0.5) is 5.69 Å². The summed E-state index contributed by atoms with van der Waals surface area (Å²) in [5, 5.41) is 3.01. The van der Waals surface area contributed by atoms with Crippen molar-refractivity contribution in [2.75, 3.05) is 32.1 Å². The highest BCUT2D eigenvalue weighted by atomic mass is 16.5. The first-order valence-electron chi connectivity index (χ1n) is 9.13. The van der Waals surface area contributed by atoms with E-state index < -0.39 is 0 Å². The number of methoxy groups -OCH3 is 1. The van der Waals surface area contributed by atoms with Crippen LogP contribution in [0.2, 0.25) is 0 Å². The Kier molecular flexibility index (Phi) is 6.45. The van der Waals surface area contributed by atoms with Crippen LogP contribution in [-0.4, -0.2) is 37.6 Å². The zero-order chi connectivity index (χ0) is 18.2. The Balaban J connectivity index is 1.44. The van der Waals surface area contributed by atoms with Gasteiger partial charge in [-0.3, -0.25) is 9.69 Å². The molecule has 26 heavy (non-hydrogen) atoms. The topological polar surface area (TPSA) is 41.6 Å². The van der Waals surface area contributed by atoms with E-state index in [4.69, 9.17) is 4.74 Å². The summed E-state index contributed by atoms with van der Waals surface area (Å²) in [6.45, 7) is 2.84. The second-order valence-corrected chi connectivity index (χ2v) is 6.61. The second kappa shape index (κ2) is 9.20. The van der Waals surface area contributed by atoms with Crippen LogP contribution in [0.3, 0.4) is 0 Å². The van der Waals surface area contributed by atoms with E-state index in [9.17, 15) is 4.79 Å². The van der Waals surface area contributed by atoms with Gasteiger partial charge in [0.2, 0.25) is 5.91 Å². The Bertz CT molecular complexity index is 735. The lowest BCUT2D eigenvalue weighted by atomic mass is 9.95. The highest BCUT2D eigenvalue weighted by Gasteiger charge is 2.24. The summed E-state index contributed by atoms with van der Waals surface area (Å²) in [5.41, 5.74) is 2.02. The van der Waals surface area contributed by atoms with E-state index in [0.717, 1.165) is 43.9 Å². The number of benzene rings is 2. The molecule has 1 saturated heterocycles. The summed E-state index contributed by atoms with van der Waals surface area (Å²) >= 11 is 0. The lowest BCUT2D eigenvalue weighted by molar-refractivity contribution is -0.121. The average molecular weight is 350 g/mol. The van der Waals surface area contributed by atoms with Crippen molar-refractivity contribution in [1.82, 2.24) is 4.90 Å². The summed E-state index contributed by atoms with van der Waals surface area (Å²) in [7, 11) is 1.63. The van der Waals surface area contributed by atoms with Crippen molar-refractivity contribution in [2.24, 2.45) is 5.92 Å². The molecule has 0 radical (unpaired) electrons. The van der Waals surface area contributed by atoms with Crippen molar-refractivity contribution in [2.45, 2.75) is 12.8 Å². The van der Waals surface area contributed by atoms with Crippen LogP contribution in [0.1, 0.15) is 18.4 Å². The Morgan fingerprint density at radius 1 is 1.15 bits per heavy atom. The van der Waals surface area contributed by atoms with Crippen LogP contribution < -0.4 is 10.1 Å². The van der Waals surface area contributed by atoms with Gasteiger partial charge in [0.05, 0.1) is 7.11 Å². The Morgan fingerprint density at radius 3 is 2.65 bits per heavy atom. The number of anilines is 1. The third-order valence-corrected chi connectivity index (χ3v) is 4.77. The normalized spacial score (nSPS) is 15.9. The Labute approximate surface area is 155 Å². The zero-order valence-corrected chi connectivity index (χ0v) is 15.2. The van der Waals surface area contributed by atoms with Crippen molar-refractivity contribution in [3.8, 4) is 5.75 Å². The van der Waals surface area contributed by atoms with Crippen molar-refractivity contribution in [3.05, 3.63) is 66.2 Å². The first-order chi connectivity index (χ1) is 12.7. The highest BCUT2D eigenvalue weighted by molar-refractivity contribution is 5.92. The number of likely N-dealkylation sites (tertiary alicyclic amines) is 1. The number of amides is 1. The maximum Gasteiger partial charge on any atom is 0.227 e. The maximum absolute atomic E-state index is 12.5. The molecule has 1 aliphatic heterocycles. The van der Waals surface area contributed by atoms with Gasteiger partial charge in [-0.25, -0.2) is 0 Å². The van der Waals surface area contributed by atoms with Gasteiger partial charge in [-0.15, -0.1) is 0 Å². The van der Waals surface area contributed by atoms with Crippen LogP contribution in [0.15, 0.2) is 60.7 Å². The molecule has 1 aliphatic rings. The third-order valence-electron chi connectivity index (χ3n) is 4.77. The number of hydrogen-bond acceptors (Lipinski definition) is 3. The minimum atomic E-state index is 0.0792. The van der Waals surface area contributed by atoms with Gasteiger partial charge in [-0.2, -0.15) is 0 Å². The molecule has 1 heterocycles. The van der Waals surface area contributed by atoms with Crippen molar-refractivity contribution >= 4 is 17.7 Å². The number of piperidine rings is 1. The average Bonchev–Trinajstić information content (AvgIpc) is 2.69. The molecule has 136 valence electrons. The molecule has 0 spiro atoms. The van der Waals surface area contributed by atoms with E-state index in [1.165, 1.54) is 5.56 Å². The number of rotatable bonds is 6. The second-order valence-electron chi connectivity index (χ2n) is 6.61. The Hall–Kier alpha value is -2.59. The molecule has 0 saturated carbocycles. The fourth-order valence-corrected chi connectivity index (χ4v) is 3.22. The van der Waals surface area contributed by atoms with Crippen molar-refractivity contribution in [3.63, 3.8) is 0 Å². The van der Waals surface area contributed by atoms with Crippen molar-refractivity contribution < 1.29 is 9.53 Å².